The Balaban J connectivity index is 0.000000280. The molecule has 18 heavy (non-hydrogen) atoms. The van der Waals surface area contributed by atoms with Crippen LogP contribution in [0.3, 0.4) is 0 Å². The van der Waals surface area contributed by atoms with Gasteiger partial charge in [-0.05, 0) is 33.7 Å². The Morgan fingerprint density at radius 1 is 1.33 bits per heavy atom. The zero-order chi connectivity index (χ0) is 13.9. The number of hydrogen-bond acceptors (Lipinski definition) is 3. The van der Waals surface area contributed by atoms with Gasteiger partial charge in [0.1, 0.15) is 17.4 Å². The molecule has 9 heteroatoms. The predicted octanol–water partition coefficient (Wildman–Crippen LogP) is 4.52. The first-order valence-corrected chi connectivity index (χ1v) is 8.94. The van der Waals surface area contributed by atoms with E-state index in [1.165, 1.54) is 0 Å². The number of ether oxygens (including phenoxy) is 1. The lowest BCUT2D eigenvalue weighted by atomic mass is 10.1. The van der Waals surface area contributed by atoms with Crippen molar-refractivity contribution >= 4 is 45.2 Å². The Kier molecular flexibility index (Phi) is 5.41. The van der Waals surface area contributed by atoms with Crippen molar-refractivity contribution in [1.29, 1.82) is 0 Å². The molecule has 0 atom stereocenters. The summed E-state index contributed by atoms with van der Waals surface area (Å²) in [5.74, 6) is -1.45. The second-order valence-electron chi connectivity index (χ2n) is 3.18. The van der Waals surface area contributed by atoms with Crippen LogP contribution in [0.1, 0.15) is 15.9 Å². The highest BCUT2D eigenvalue weighted by atomic mass is 36.0. The fourth-order valence-corrected chi connectivity index (χ4v) is 1.39. The van der Waals surface area contributed by atoms with E-state index in [4.69, 9.17) is 4.74 Å². The molecule has 1 aromatic carbocycles. The molecule has 0 radical (unpaired) electrons. The van der Waals surface area contributed by atoms with Gasteiger partial charge in [-0.25, -0.2) is 8.78 Å². The number of rotatable bonds is 1. The predicted molar refractivity (Wildman–Crippen MR) is 66.1 cm³/mol. The molecular weight excluding hydrogens is 331 g/mol. The Labute approximate surface area is 116 Å². The summed E-state index contributed by atoms with van der Waals surface area (Å²) in [5.41, 5.74) is -0.215. The van der Waals surface area contributed by atoms with Gasteiger partial charge in [0.25, 0.3) is 0 Å². The number of hydrogen-bond donors (Lipinski definition) is 0. The first kappa shape index (κ1) is 15.7. The summed E-state index contributed by atoms with van der Waals surface area (Å²) in [5, 5.41) is -3.22. The number of carbonyl (C=O) groups excluding carboxylic acids is 1. The molecule has 0 bridgehead atoms. The molecule has 0 aliphatic carbocycles. The van der Waals surface area contributed by atoms with Gasteiger partial charge in [0.15, 0.2) is 6.29 Å². The minimum atomic E-state index is -3.22. The van der Waals surface area contributed by atoms with E-state index in [1.807, 2.05) is 0 Å². The first-order valence-electron chi connectivity index (χ1n) is 4.52. The molecule has 0 saturated heterocycles. The summed E-state index contributed by atoms with van der Waals surface area (Å²) >= 11 is 13.8. The summed E-state index contributed by atoms with van der Waals surface area (Å²) in [6, 6.07) is 1.05. The number of halogens is 5. The first-order chi connectivity index (χ1) is 8.24. The zero-order valence-corrected chi connectivity index (χ0v) is 11.8. The van der Waals surface area contributed by atoms with Crippen molar-refractivity contribution in [2.45, 2.75) is 6.42 Å². The van der Waals surface area contributed by atoms with Crippen LogP contribution < -0.4 is 4.74 Å². The van der Waals surface area contributed by atoms with Crippen molar-refractivity contribution in [1.82, 2.24) is 0 Å². The average Bonchev–Trinajstić information content (AvgIpc) is 2.63. The highest BCUT2D eigenvalue weighted by Crippen LogP contribution is 2.61. The molecular formula is C9H6Cl3F2O3P. The molecule has 0 aromatic heterocycles. The van der Waals surface area contributed by atoms with E-state index in [9.17, 15) is 18.1 Å². The van der Waals surface area contributed by atoms with Gasteiger partial charge in [0, 0.05) is 18.1 Å². The third-order valence-corrected chi connectivity index (χ3v) is 2.04. The van der Waals surface area contributed by atoms with Crippen LogP contribution in [0, 0.1) is 11.6 Å². The fourth-order valence-electron chi connectivity index (χ4n) is 1.39. The molecule has 2 rings (SSSR count). The lowest BCUT2D eigenvalue weighted by molar-refractivity contribution is 0.111. The second kappa shape index (κ2) is 6.20. The van der Waals surface area contributed by atoms with E-state index < -0.39 is 22.4 Å². The SMILES string of the molecule is O=Cc1c(F)cc2c(c1F)CCO2.O=P(Cl)(Cl)Cl. The topological polar surface area (TPSA) is 43.4 Å². The summed E-state index contributed by atoms with van der Waals surface area (Å²) in [6.07, 6.45) is 0.575. The molecule has 1 aliphatic heterocycles. The molecule has 0 spiro atoms. The van der Waals surface area contributed by atoms with Crippen molar-refractivity contribution in [2.75, 3.05) is 6.61 Å². The molecule has 0 unspecified atom stereocenters. The van der Waals surface area contributed by atoms with Gasteiger partial charge in [-0.3, -0.25) is 9.36 Å². The van der Waals surface area contributed by atoms with Crippen LogP contribution in [0.15, 0.2) is 6.07 Å². The van der Waals surface area contributed by atoms with Gasteiger partial charge in [0.05, 0.1) is 12.2 Å². The summed E-state index contributed by atoms with van der Waals surface area (Å²) in [6.45, 7) is 0.341. The molecule has 0 saturated carbocycles. The molecule has 100 valence electrons. The van der Waals surface area contributed by atoms with Crippen LogP contribution in [-0.4, -0.2) is 12.9 Å². The van der Waals surface area contributed by atoms with Crippen LogP contribution >= 0.6 is 38.9 Å². The standard InChI is InChI=1S/C9H6F2O2.Cl3OP/c10-7-3-8-5(1-2-13-8)9(11)6(7)4-12;1-5(2,3)4/h3-4H,1-2H2;. The van der Waals surface area contributed by atoms with Gasteiger partial charge in [-0.15, -0.1) is 0 Å². The number of aldehydes is 1. The van der Waals surface area contributed by atoms with Gasteiger partial charge in [0.2, 0.25) is 0 Å². The van der Waals surface area contributed by atoms with E-state index >= 15 is 0 Å². The van der Waals surface area contributed by atoms with Crippen molar-refractivity contribution in [3.05, 3.63) is 28.8 Å². The Morgan fingerprint density at radius 2 is 1.89 bits per heavy atom. The molecule has 1 heterocycles. The lowest BCUT2D eigenvalue weighted by Gasteiger charge is -2.02. The summed E-state index contributed by atoms with van der Waals surface area (Å²) in [4.78, 5) is 10.3. The van der Waals surface area contributed by atoms with Crippen molar-refractivity contribution < 1.29 is 22.9 Å². The van der Waals surface area contributed by atoms with Crippen molar-refractivity contribution in [3.8, 4) is 5.75 Å². The maximum Gasteiger partial charge on any atom is 0.339 e. The van der Waals surface area contributed by atoms with E-state index in [0.717, 1.165) is 6.07 Å². The van der Waals surface area contributed by atoms with E-state index in [2.05, 4.69) is 33.7 Å². The van der Waals surface area contributed by atoms with Gasteiger partial charge < -0.3 is 4.74 Å². The maximum atomic E-state index is 13.3. The van der Waals surface area contributed by atoms with Gasteiger partial charge in [-0.1, -0.05) is 0 Å². The Morgan fingerprint density at radius 3 is 2.39 bits per heavy atom. The molecule has 1 aliphatic rings. The van der Waals surface area contributed by atoms with Crippen molar-refractivity contribution in [3.63, 3.8) is 0 Å². The molecule has 1 aromatic rings. The third kappa shape index (κ3) is 4.39. The van der Waals surface area contributed by atoms with E-state index in [-0.39, 0.29) is 12.0 Å². The van der Waals surface area contributed by atoms with Crippen LogP contribution in [-0.2, 0) is 11.0 Å². The Hall–Kier alpha value is -0.350. The summed E-state index contributed by atoms with van der Waals surface area (Å²) < 4.78 is 40.7. The Bertz CT molecular complexity index is 510. The lowest BCUT2D eigenvalue weighted by Crippen LogP contribution is -1.97. The molecule has 0 N–H and O–H groups in total. The normalized spacial score (nSPS) is 13.2. The van der Waals surface area contributed by atoms with Crippen molar-refractivity contribution in [2.24, 2.45) is 0 Å². The quantitative estimate of drug-likeness (QED) is 0.559. The number of benzene rings is 1. The maximum absolute atomic E-state index is 13.3. The fraction of sp³-hybridized carbons (Fsp3) is 0.222. The molecule has 3 nitrogen and oxygen atoms in total. The highest BCUT2D eigenvalue weighted by Gasteiger charge is 2.22. The minimum absolute atomic E-state index is 0.184. The molecule has 0 amide bonds. The third-order valence-electron chi connectivity index (χ3n) is 2.04. The van der Waals surface area contributed by atoms with Crippen LogP contribution in [0.25, 0.3) is 0 Å². The van der Waals surface area contributed by atoms with E-state index in [0.29, 0.717) is 18.6 Å². The molecule has 0 fully saturated rings. The monoisotopic (exact) mass is 336 g/mol. The minimum Gasteiger partial charge on any atom is -0.493 e. The van der Waals surface area contributed by atoms with Crippen LogP contribution in [0.2, 0.25) is 0 Å². The van der Waals surface area contributed by atoms with Gasteiger partial charge >= 0.3 is 5.20 Å². The number of carbonyl (C=O) groups is 1. The van der Waals surface area contributed by atoms with Crippen LogP contribution in [0.4, 0.5) is 8.78 Å². The smallest absolute Gasteiger partial charge is 0.339 e. The zero-order valence-electron chi connectivity index (χ0n) is 8.63. The largest absolute Gasteiger partial charge is 0.493 e. The van der Waals surface area contributed by atoms with Crippen LogP contribution in [0.5, 0.6) is 5.75 Å². The average molecular weight is 337 g/mol. The number of fused-ring (bicyclic) bond motifs is 1. The highest BCUT2D eigenvalue weighted by molar-refractivity contribution is 8.24. The second-order valence-corrected chi connectivity index (χ2v) is 9.82. The van der Waals surface area contributed by atoms with E-state index in [1.54, 1.807) is 0 Å². The van der Waals surface area contributed by atoms with Gasteiger partial charge in [-0.2, -0.15) is 0 Å². The summed E-state index contributed by atoms with van der Waals surface area (Å²) in [7, 11) is 0.